The zero-order chi connectivity index (χ0) is 14.8. The molecular weight excluding hydrogens is 300 g/mol. The predicted octanol–water partition coefficient (Wildman–Crippen LogP) is 4.97. The Kier molecular flexibility index (Phi) is 4.80. The fourth-order valence-electron chi connectivity index (χ4n) is 3.54. The van der Waals surface area contributed by atoms with Crippen LogP contribution in [0.1, 0.15) is 43.1 Å². The number of nitrogens with zero attached hydrogens (tertiary/aromatic N) is 2. The first-order valence-corrected chi connectivity index (χ1v) is 9.63. The molecule has 0 radical (unpaired) electrons. The SMILES string of the molecule is CSC1CCCCC1n1c(CCCl)nc2cc(C)ccc21. The summed E-state index contributed by atoms with van der Waals surface area (Å²) in [5, 5.41) is 0.700. The van der Waals surface area contributed by atoms with E-state index in [1.807, 2.05) is 11.8 Å². The summed E-state index contributed by atoms with van der Waals surface area (Å²) >= 11 is 8.03. The lowest BCUT2D eigenvalue weighted by atomic mass is 9.94. The molecule has 0 spiro atoms. The maximum atomic E-state index is 6.02. The van der Waals surface area contributed by atoms with Gasteiger partial charge in [0.1, 0.15) is 5.82 Å². The first-order chi connectivity index (χ1) is 10.2. The van der Waals surface area contributed by atoms with Crippen LogP contribution in [0.5, 0.6) is 0 Å². The molecule has 2 nitrogen and oxygen atoms in total. The number of benzene rings is 1. The summed E-state index contributed by atoms with van der Waals surface area (Å²) in [7, 11) is 0. The Bertz CT molecular complexity index is 623. The van der Waals surface area contributed by atoms with Crippen molar-refractivity contribution in [3.63, 3.8) is 0 Å². The number of fused-ring (bicyclic) bond motifs is 1. The van der Waals surface area contributed by atoms with Crippen molar-refractivity contribution >= 4 is 34.4 Å². The molecule has 0 bridgehead atoms. The van der Waals surface area contributed by atoms with Crippen molar-refractivity contribution in [3.8, 4) is 0 Å². The zero-order valence-electron chi connectivity index (χ0n) is 12.8. The zero-order valence-corrected chi connectivity index (χ0v) is 14.4. The largest absolute Gasteiger partial charge is 0.324 e. The Labute approximate surface area is 136 Å². The molecule has 1 aliphatic rings. The Hall–Kier alpha value is -0.670. The van der Waals surface area contributed by atoms with Gasteiger partial charge in [-0.15, -0.1) is 11.6 Å². The molecule has 21 heavy (non-hydrogen) atoms. The summed E-state index contributed by atoms with van der Waals surface area (Å²) in [5.74, 6) is 1.80. The summed E-state index contributed by atoms with van der Waals surface area (Å²) < 4.78 is 2.50. The fourth-order valence-corrected chi connectivity index (χ4v) is 4.68. The second-order valence-electron chi connectivity index (χ2n) is 5.96. The van der Waals surface area contributed by atoms with Crippen LogP contribution in [0, 0.1) is 6.92 Å². The van der Waals surface area contributed by atoms with Gasteiger partial charge in [0.05, 0.1) is 11.0 Å². The van der Waals surface area contributed by atoms with Gasteiger partial charge in [-0.3, -0.25) is 0 Å². The molecule has 3 rings (SSSR count). The highest BCUT2D eigenvalue weighted by atomic mass is 35.5. The van der Waals surface area contributed by atoms with Crippen molar-refractivity contribution in [2.24, 2.45) is 0 Å². The third-order valence-electron chi connectivity index (χ3n) is 4.54. The molecule has 1 heterocycles. The highest BCUT2D eigenvalue weighted by Crippen LogP contribution is 2.38. The Balaban J connectivity index is 2.11. The molecule has 0 amide bonds. The van der Waals surface area contributed by atoms with E-state index >= 15 is 0 Å². The van der Waals surface area contributed by atoms with Gasteiger partial charge in [-0.2, -0.15) is 11.8 Å². The van der Waals surface area contributed by atoms with E-state index in [2.05, 4.69) is 35.9 Å². The summed E-state index contributed by atoms with van der Waals surface area (Å²) in [5.41, 5.74) is 3.68. The van der Waals surface area contributed by atoms with Crippen molar-refractivity contribution in [1.82, 2.24) is 9.55 Å². The molecule has 0 aliphatic heterocycles. The molecule has 2 atom stereocenters. The van der Waals surface area contributed by atoms with E-state index in [0.29, 0.717) is 17.2 Å². The van der Waals surface area contributed by atoms with Crippen molar-refractivity contribution in [1.29, 1.82) is 0 Å². The van der Waals surface area contributed by atoms with E-state index in [0.717, 1.165) is 17.8 Å². The third kappa shape index (κ3) is 2.95. The van der Waals surface area contributed by atoms with Crippen molar-refractivity contribution in [2.45, 2.75) is 50.3 Å². The maximum absolute atomic E-state index is 6.02. The molecule has 2 aromatic rings. The van der Waals surface area contributed by atoms with Gasteiger partial charge in [-0.05, 0) is 43.7 Å². The van der Waals surface area contributed by atoms with Gasteiger partial charge >= 0.3 is 0 Å². The Morgan fingerprint density at radius 1 is 1.33 bits per heavy atom. The Morgan fingerprint density at radius 3 is 2.90 bits per heavy atom. The summed E-state index contributed by atoms with van der Waals surface area (Å²) in [6.45, 7) is 2.13. The van der Waals surface area contributed by atoms with Gasteiger partial charge in [0.25, 0.3) is 0 Å². The molecule has 2 unspecified atom stereocenters. The van der Waals surface area contributed by atoms with Crippen LogP contribution < -0.4 is 0 Å². The average Bonchev–Trinajstić information content (AvgIpc) is 2.84. The van der Waals surface area contributed by atoms with E-state index in [9.17, 15) is 0 Å². The number of hydrogen-bond acceptors (Lipinski definition) is 2. The quantitative estimate of drug-likeness (QED) is 0.739. The normalized spacial score (nSPS) is 22.8. The molecule has 0 N–H and O–H groups in total. The lowest BCUT2D eigenvalue weighted by Crippen LogP contribution is -2.26. The topological polar surface area (TPSA) is 17.8 Å². The predicted molar refractivity (Wildman–Crippen MR) is 93.7 cm³/mol. The van der Waals surface area contributed by atoms with E-state index in [1.165, 1.54) is 36.8 Å². The molecule has 1 aromatic heterocycles. The number of imidazole rings is 1. The molecule has 4 heteroatoms. The highest BCUT2D eigenvalue weighted by Gasteiger charge is 2.28. The Morgan fingerprint density at radius 2 is 2.14 bits per heavy atom. The van der Waals surface area contributed by atoms with Crippen molar-refractivity contribution in [2.75, 3.05) is 12.1 Å². The smallest absolute Gasteiger partial charge is 0.111 e. The minimum absolute atomic E-state index is 0.569. The number of rotatable bonds is 4. The first-order valence-electron chi connectivity index (χ1n) is 7.81. The molecule has 1 saturated carbocycles. The summed E-state index contributed by atoms with van der Waals surface area (Å²) in [4.78, 5) is 4.88. The van der Waals surface area contributed by atoms with Crippen LogP contribution in [-0.4, -0.2) is 26.9 Å². The van der Waals surface area contributed by atoms with Gasteiger partial charge in [-0.25, -0.2) is 4.98 Å². The van der Waals surface area contributed by atoms with E-state index in [1.54, 1.807) is 0 Å². The number of thioether (sulfide) groups is 1. The third-order valence-corrected chi connectivity index (χ3v) is 5.88. The van der Waals surface area contributed by atoms with Gasteiger partial charge in [0.15, 0.2) is 0 Å². The summed E-state index contributed by atoms with van der Waals surface area (Å²) in [6, 6.07) is 7.20. The molecule has 1 aliphatic carbocycles. The van der Waals surface area contributed by atoms with Crippen LogP contribution >= 0.6 is 23.4 Å². The van der Waals surface area contributed by atoms with Gasteiger partial charge in [0.2, 0.25) is 0 Å². The minimum Gasteiger partial charge on any atom is -0.324 e. The molecule has 1 fully saturated rings. The molecular formula is C17H23ClN2S. The monoisotopic (exact) mass is 322 g/mol. The number of alkyl halides is 1. The lowest BCUT2D eigenvalue weighted by Gasteiger charge is -2.33. The van der Waals surface area contributed by atoms with Crippen LogP contribution in [0.4, 0.5) is 0 Å². The van der Waals surface area contributed by atoms with E-state index in [4.69, 9.17) is 16.6 Å². The van der Waals surface area contributed by atoms with Gasteiger partial charge in [-0.1, -0.05) is 18.9 Å². The second kappa shape index (κ2) is 6.62. The number of aryl methyl sites for hydroxylation is 2. The van der Waals surface area contributed by atoms with Crippen molar-refractivity contribution in [3.05, 3.63) is 29.6 Å². The molecule has 1 aromatic carbocycles. The van der Waals surface area contributed by atoms with Gasteiger partial charge < -0.3 is 4.57 Å². The van der Waals surface area contributed by atoms with Crippen LogP contribution in [0.2, 0.25) is 0 Å². The van der Waals surface area contributed by atoms with Gasteiger partial charge in [0, 0.05) is 23.6 Å². The van der Waals surface area contributed by atoms with E-state index < -0.39 is 0 Å². The van der Waals surface area contributed by atoms with Crippen molar-refractivity contribution < 1.29 is 0 Å². The lowest BCUT2D eigenvalue weighted by molar-refractivity contribution is 0.364. The van der Waals surface area contributed by atoms with Crippen LogP contribution in [0.3, 0.4) is 0 Å². The second-order valence-corrected chi connectivity index (χ2v) is 7.41. The molecule has 0 saturated heterocycles. The van der Waals surface area contributed by atoms with Crippen LogP contribution in [0.25, 0.3) is 11.0 Å². The number of aromatic nitrogens is 2. The van der Waals surface area contributed by atoms with Crippen LogP contribution in [0.15, 0.2) is 18.2 Å². The minimum atomic E-state index is 0.569. The van der Waals surface area contributed by atoms with Crippen LogP contribution in [-0.2, 0) is 6.42 Å². The maximum Gasteiger partial charge on any atom is 0.111 e. The highest BCUT2D eigenvalue weighted by molar-refractivity contribution is 7.99. The summed E-state index contributed by atoms with van der Waals surface area (Å²) in [6.07, 6.45) is 8.37. The molecule has 114 valence electrons. The average molecular weight is 323 g/mol. The fraction of sp³-hybridized carbons (Fsp3) is 0.588. The number of hydrogen-bond donors (Lipinski definition) is 0. The van der Waals surface area contributed by atoms with E-state index in [-0.39, 0.29) is 0 Å². The number of halogens is 1. The standard InChI is InChI=1S/C17H23ClN2S/c1-12-7-8-14-13(11-12)19-17(9-10-18)20(14)15-5-3-4-6-16(15)21-2/h7-8,11,15-16H,3-6,9-10H2,1-2H3. The first kappa shape index (κ1) is 15.2.